The molecule has 0 aliphatic carbocycles. The quantitative estimate of drug-likeness (QED) is 0.373. The predicted molar refractivity (Wildman–Crippen MR) is 116 cm³/mol. The molecule has 0 unspecified atom stereocenters. The van der Waals surface area contributed by atoms with Gasteiger partial charge in [0.15, 0.2) is 0 Å². The number of aromatic nitrogens is 2. The molecule has 156 valence electrons. The van der Waals surface area contributed by atoms with Gasteiger partial charge in [-0.1, -0.05) is 6.07 Å². The molecule has 0 saturated heterocycles. The Balaban J connectivity index is 1.56. The van der Waals surface area contributed by atoms with Crippen LogP contribution < -0.4 is 10.9 Å². The van der Waals surface area contributed by atoms with E-state index >= 15 is 0 Å². The molecule has 31 heavy (non-hydrogen) atoms. The molecule has 0 radical (unpaired) electrons. The van der Waals surface area contributed by atoms with Gasteiger partial charge in [-0.2, -0.15) is 0 Å². The molecule has 0 bridgehead atoms. The van der Waals surface area contributed by atoms with E-state index in [1.54, 1.807) is 37.4 Å². The maximum Gasteiger partial charge on any atom is 0.350 e. The first-order chi connectivity index (χ1) is 14.9. The van der Waals surface area contributed by atoms with Crippen molar-refractivity contribution in [2.75, 3.05) is 5.32 Å². The van der Waals surface area contributed by atoms with E-state index in [0.717, 1.165) is 0 Å². The number of nitrogens with zero attached hydrogens (tertiary/aromatic N) is 2. The molecule has 0 aliphatic heterocycles. The number of rotatable bonds is 5. The number of esters is 1. The number of amides is 1. The van der Waals surface area contributed by atoms with E-state index in [-0.39, 0.29) is 18.1 Å². The van der Waals surface area contributed by atoms with Gasteiger partial charge in [-0.05, 0) is 31.2 Å². The third kappa shape index (κ3) is 4.51. The molecule has 0 spiro atoms. The van der Waals surface area contributed by atoms with Gasteiger partial charge in [0.05, 0.1) is 11.4 Å². The predicted octanol–water partition coefficient (Wildman–Crippen LogP) is 3.94. The molecular weight excluding hydrogens is 418 g/mol. The van der Waals surface area contributed by atoms with Crippen molar-refractivity contribution in [1.29, 1.82) is 0 Å². The normalized spacial score (nSPS) is 10.8. The van der Waals surface area contributed by atoms with Crippen LogP contribution in [-0.2, 0) is 16.1 Å². The monoisotopic (exact) mass is 435 g/mol. The first kappa shape index (κ1) is 20.4. The number of benzene rings is 1. The van der Waals surface area contributed by atoms with Crippen LogP contribution in [0.15, 0.2) is 57.9 Å². The van der Waals surface area contributed by atoms with Crippen LogP contribution in [0.2, 0.25) is 0 Å². The lowest BCUT2D eigenvalue weighted by atomic mass is 10.1. The lowest BCUT2D eigenvalue weighted by molar-refractivity contribution is -0.114. The number of hydrogen-bond donors (Lipinski definition) is 1. The van der Waals surface area contributed by atoms with E-state index in [1.165, 1.54) is 24.3 Å². The molecule has 0 fully saturated rings. The molecule has 8 nitrogen and oxygen atoms in total. The second-order valence-electron chi connectivity index (χ2n) is 6.71. The number of carbonyl (C=O) groups excluding carboxylic acids is 2. The van der Waals surface area contributed by atoms with Crippen molar-refractivity contribution in [2.45, 2.75) is 20.5 Å². The summed E-state index contributed by atoms with van der Waals surface area (Å²) < 4.78 is 10.7. The second-order valence-corrected chi connectivity index (χ2v) is 7.71. The molecule has 1 amide bonds. The van der Waals surface area contributed by atoms with E-state index in [0.29, 0.717) is 37.9 Å². The Bertz CT molecular complexity index is 1340. The number of carbonyl (C=O) groups is 2. The first-order valence-corrected chi connectivity index (χ1v) is 10.1. The maximum absolute atomic E-state index is 12.7. The number of ether oxygens (including phenoxy) is 1. The summed E-state index contributed by atoms with van der Waals surface area (Å²) in [7, 11) is 0. The van der Waals surface area contributed by atoms with Crippen molar-refractivity contribution < 1.29 is 18.7 Å². The Kier molecular flexibility index (Phi) is 5.59. The molecule has 1 aromatic carbocycles. The van der Waals surface area contributed by atoms with Gasteiger partial charge in [-0.3, -0.25) is 9.78 Å². The summed E-state index contributed by atoms with van der Waals surface area (Å²) in [5.74, 6) is -0.773. The van der Waals surface area contributed by atoms with Crippen molar-refractivity contribution in [3.63, 3.8) is 0 Å². The summed E-state index contributed by atoms with van der Waals surface area (Å²) in [4.78, 5) is 44.9. The lowest BCUT2D eigenvalue weighted by Crippen LogP contribution is -2.08. The van der Waals surface area contributed by atoms with Gasteiger partial charge in [0.2, 0.25) is 5.91 Å². The standard InChI is InChI=1S/C22H17N3O5S/c1-12-20(31-21(24-12)17-5-3-4-8-23-17)22(28)29-11-14-9-19(27)30-18-10-15(25-13(2)26)6-7-16(14)18/h3-10H,11H2,1-2H3,(H,25,26). The molecule has 3 heterocycles. The van der Waals surface area contributed by atoms with E-state index < -0.39 is 11.6 Å². The minimum absolute atomic E-state index is 0.114. The molecule has 9 heteroatoms. The van der Waals surface area contributed by atoms with Crippen molar-refractivity contribution in [3.05, 3.63) is 75.2 Å². The Morgan fingerprint density at radius 3 is 2.77 bits per heavy atom. The minimum atomic E-state index is -0.579. The summed E-state index contributed by atoms with van der Waals surface area (Å²) in [6.45, 7) is 3.00. The third-order valence-electron chi connectivity index (χ3n) is 4.38. The SMILES string of the molecule is CC(=O)Nc1ccc2c(COC(=O)c3sc(-c4ccccn4)nc3C)cc(=O)oc2c1. The van der Waals surface area contributed by atoms with Crippen LogP contribution in [0, 0.1) is 6.92 Å². The first-order valence-electron chi connectivity index (χ1n) is 9.31. The zero-order chi connectivity index (χ0) is 22.0. The molecule has 4 aromatic rings. The zero-order valence-electron chi connectivity index (χ0n) is 16.7. The maximum atomic E-state index is 12.7. The van der Waals surface area contributed by atoms with Crippen LogP contribution in [0.3, 0.4) is 0 Å². The molecule has 0 saturated carbocycles. The zero-order valence-corrected chi connectivity index (χ0v) is 17.5. The van der Waals surface area contributed by atoms with E-state index in [4.69, 9.17) is 9.15 Å². The topological polar surface area (TPSA) is 111 Å². The summed E-state index contributed by atoms with van der Waals surface area (Å²) in [6.07, 6.45) is 1.66. The van der Waals surface area contributed by atoms with Crippen LogP contribution in [-0.4, -0.2) is 21.8 Å². The van der Waals surface area contributed by atoms with Crippen molar-refractivity contribution in [2.24, 2.45) is 0 Å². The smallest absolute Gasteiger partial charge is 0.350 e. The fraction of sp³-hybridized carbons (Fsp3) is 0.136. The van der Waals surface area contributed by atoms with Crippen LogP contribution in [0.4, 0.5) is 5.69 Å². The third-order valence-corrected chi connectivity index (χ3v) is 5.54. The number of fused-ring (bicyclic) bond motifs is 1. The Morgan fingerprint density at radius 1 is 1.19 bits per heavy atom. The summed E-state index contributed by atoms with van der Waals surface area (Å²) >= 11 is 1.20. The highest BCUT2D eigenvalue weighted by molar-refractivity contribution is 7.17. The Labute approximate surface area is 180 Å². The van der Waals surface area contributed by atoms with Crippen LogP contribution >= 0.6 is 11.3 Å². The molecular formula is C22H17N3O5S. The summed E-state index contributed by atoms with van der Waals surface area (Å²) in [5.41, 5.74) is 1.94. The van der Waals surface area contributed by atoms with Crippen LogP contribution in [0.1, 0.15) is 27.9 Å². The highest BCUT2D eigenvalue weighted by atomic mass is 32.1. The van der Waals surface area contributed by atoms with Gasteiger partial charge in [0.1, 0.15) is 22.1 Å². The minimum Gasteiger partial charge on any atom is -0.457 e. The summed E-state index contributed by atoms with van der Waals surface area (Å²) in [6, 6.07) is 11.7. The number of hydrogen-bond acceptors (Lipinski definition) is 8. The number of nitrogens with one attached hydrogen (secondary N) is 1. The van der Waals surface area contributed by atoms with Crippen LogP contribution in [0.25, 0.3) is 21.7 Å². The fourth-order valence-corrected chi connectivity index (χ4v) is 3.96. The fourth-order valence-electron chi connectivity index (χ4n) is 3.02. The second kappa shape index (κ2) is 8.49. The van der Waals surface area contributed by atoms with Gasteiger partial charge in [-0.25, -0.2) is 14.6 Å². The highest BCUT2D eigenvalue weighted by Gasteiger charge is 2.19. The van der Waals surface area contributed by atoms with Gasteiger partial charge in [0.25, 0.3) is 0 Å². The molecule has 3 aromatic heterocycles. The molecule has 4 rings (SSSR count). The largest absolute Gasteiger partial charge is 0.457 e. The molecule has 0 aliphatic rings. The van der Waals surface area contributed by atoms with E-state index in [1.807, 2.05) is 12.1 Å². The molecule has 0 atom stereocenters. The van der Waals surface area contributed by atoms with Crippen molar-refractivity contribution in [3.8, 4) is 10.7 Å². The average Bonchev–Trinajstić information content (AvgIpc) is 3.13. The molecule has 1 N–H and O–H groups in total. The highest BCUT2D eigenvalue weighted by Crippen LogP contribution is 2.28. The van der Waals surface area contributed by atoms with Crippen molar-refractivity contribution in [1.82, 2.24) is 9.97 Å². The number of anilines is 1. The summed E-state index contributed by atoms with van der Waals surface area (Å²) in [5, 5.41) is 3.87. The number of thiazole rings is 1. The van der Waals surface area contributed by atoms with Crippen LogP contribution in [0.5, 0.6) is 0 Å². The lowest BCUT2D eigenvalue weighted by Gasteiger charge is -2.08. The van der Waals surface area contributed by atoms with Crippen molar-refractivity contribution >= 4 is 39.9 Å². The van der Waals surface area contributed by atoms with Gasteiger partial charge in [-0.15, -0.1) is 11.3 Å². The van der Waals surface area contributed by atoms with Gasteiger partial charge in [0, 0.05) is 41.9 Å². The Hall–Kier alpha value is -3.85. The number of aryl methyl sites for hydroxylation is 1. The van der Waals surface area contributed by atoms with Gasteiger partial charge >= 0.3 is 11.6 Å². The Morgan fingerprint density at radius 2 is 2.03 bits per heavy atom. The number of pyridine rings is 1. The van der Waals surface area contributed by atoms with E-state index in [9.17, 15) is 14.4 Å². The van der Waals surface area contributed by atoms with Gasteiger partial charge < -0.3 is 14.5 Å². The van der Waals surface area contributed by atoms with E-state index in [2.05, 4.69) is 15.3 Å². The average molecular weight is 435 g/mol.